The lowest BCUT2D eigenvalue weighted by Crippen LogP contribution is -2.30. The van der Waals surface area contributed by atoms with E-state index in [1.807, 2.05) is 0 Å². The van der Waals surface area contributed by atoms with Crippen LogP contribution in [0.1, 0.15) is 292 Å². The molecule has 356 valence electrons. The van der Waals surface area contributed by atoms with Crippen molar-refractivity contribution < 1.29 is 28.6 Å². The van der Waals surface area contributed by atoms with Crippen LogP contribution in [0.4, 0.5) is 0 Å². The second kappa shape index (κ2) is 45.4. The maximum atomic E-state index is 12.8. The van der Waals surface area contributed by atoms with E-state index in [1.54, 1.807) is 0 Å². The van der Waals surface area contributed by atoms with Crippen molar-refractivity contribution in [2.45, 2.75) is 298 Å². The summed E-state index contributed by atoms with van der Waals surface area (Å²) in [6, 6.07) is 0. The highest BCUT2D eigenvalue weighted by Gasteiger charge is 2.19. The van der Waals surface area contributed by atoms with E-state index in [0.29, 0.717) is 19.3 Å². The summed E-state index contributed by atoms with van der Waals surface area (Å²) in [5, 5.41) is 0. The zero-order valence-corrected chi connectivity index (χ0v) is 41.3. The monoisotopic (exact) mass is 849 g/mol. The van der Waals surface area contributed by atoms with Crippen LogP contribution in [-0.4, -0.2) is 37.2 Å². The molecule has 0 aliphatic heterocycles. The first kappa shape index (κ1) is 58.4. The van der Waals surface area contributed by atoms with E-state index in [0.717, 1.165) is 75.5 Å². The molecule has 0 radical (unpaired) electrons. The van der Waals surface area contributed by atoms with Crippen molar-refractivity contribution in [2.24, 2.45) is 17.8 Å². The summed E-state index contributed by atoms with van der Waals surface area (Å²) in [7, 11) is 0. The molecule has 0 aromatic rings. The van der Waals surface area contributed by atoms with Gasteiger partial charge >= 0.3 is 17.9 Å². The molecule has 60 heavy (non-hydrogen) atoms. The molecule has 0 aromatic heterocycles. The molecule has 0 spiro atoms. The predicted molar refractivity (Wildman–Crippen MR) is 256 cm³/mol. The quantitative estimate of drug-likeness (QED) is 0.0345. The van der Waals surface area contributed by atoms with E-state index in [-0.39, 0.29) is 31.1 Å². The number of carbonyl (C=O) groups is 3. The van der Waals surface area contributed by atoms with Crippen LogP contribution in [0.5, 0.6) is 0 Å². The molecule has 6 heteroatoms. The van der Waals surface area contributed by atoms with Crippen LogP contribution >= 0.6 is 0 Å². The number of hydrogen-bond acceptors (Lipinski definition) is 6. The van der Waals surface area contributed by atoms with E-state index in [9.17, 15) is 14.4 Å². The SMILES string of the molecule is CCC(C)CCCCCCCCCCC(=O)O[C@@H](COC(=O)CCCCCCCCCCCCCCCCCCCCC(C)C)COC(=O)CCCCCCCCC(C)C. The standard InChI is InChI=1S/C54H104O6/c1-7-50(6)42-36-30-23-20-21-25-33-39-45-54(57)60-51(47-59-53(56)44-38-32-27-26-29-35-41-49(4)5)46-58-52(55)43-37-31-24-19-17-15-13-11-9-8-10-12-14-16-18-22-28-34-40-48(2)3/h48-51H,7-47H2,1-6H3/t50?,51-/m0/s1. The first-order valence-corrected chi connectivity index (χ1v) is 26.6. The molecule has 0 fully saturated rings. The lowest BCUT2D eigenvalue weighted by atomic mass is 9.99. The summed E-state index contributed by atoms with van der Waals surface area (Å²) in [6.45, 7) is 13.7. The molecule has 0 saturated carbocycles. The third-order valence-corrected chi connectivity index (χ3v) is 12.5. The maximum absolute atomic E-state index is 12.8. The van der Waals surface area contributed by atoms with E-state index in [4.69, 9.17) is 14.2 Å². The molecular weight excluding hydrogens is 745 g/mol. The van der Waals surface area contributed by atoms with Crippen molar-refractivity contribution in [1.29, 1.82) is 0 Å². The average molecular weight is 849 g/mol. The Labute approximate surface area is 374 Å². The summed E-state index contributed by atoms with van der Waals surface area (Å²) in [5.74, 6) is 1.61. The van der Waals surface area contributed by atoms with Gasteiger partial charge in [0.25, 0.3) is 0 Å². The van der Waals surface area contributed by atoms with Gasteiger partial charge in [0.05, 0.1) is 0 Å². The third-order valence-electron chi connectivity index (χ3n) is 12.5. The number of ether oxygens (including phenoxy) is 3. The minimum absolute atomic E-state index is 0.0655. The Morgan fingerprint density at radius 3 is 0.867 bits per heavy atom. The molecular formula is C54H104O6. The van der Waals surface area contributed by atoms with Crippen molar-refractivity contribution in [3.8, 4) is 0 Å². The van der Waals surface area contributed by atoms with Crippen LogP contribution in [0.2, 0.25) is 0 Å². The second-order valence-corrected chi connectivity index (χ2v) is 19.7. The van der Waals surface area contributed by atoms with E-state index in [1.165, 1.54) is 173 Å². The lowest BCUT2D eigenvalue weighted by molar-refractivity contribution is -0.167. The first-order valence-electron chi connectivity index (χ1n) is 26.6. The zero-order valence-electron chi connectivity index (χ0n) is 41.3. The van der Waals surface area contributed by atoms with Gasteiger partial charge in [-0.2, -0.15) is 0 Å². The van der Waals surface area contributed by atoms with Gasteiger partial charge in [-0.25, -0.2) is 0 Å². The summed E-state index contributed by atoms with van der Waals surface area (Å²) in [5.41, 5.74) is 0. The summed E-state index contributed by atoms with van der Waals surface area (Å²) in [6.07, 6.45) is 45.4. The molecule has 0 rings (SSSR count). The van der Waals surface area contributed by atoms with Gasteiger partial charge < -0.3 is 14.2 Å². The second-order valence-electron chi connectivity index (χ2n) is 19.7. The minimum atomic E-state index is -0.763. The van der Waals surface area contributed by atoms with Crippen molar-refractivity contribution >= 4 is 17.9 Å². The molecule has 0 aliphatic carbocycles. The van der Waals surface area contributed by atoms with E-state index < -0.39 is 6.10 Å². The molecule has 0 heterocycles. The van der Waals surface area contributed by atoms with Gasteiger partial charge in [0.1, 0.15) is 13.2 Å². The minimum Gasteiger partial charge on any atom is -0.462 e. The Kier molecular flexibility index (Phi) is 44.2. The van der Waals surface area contributed by atoms with E-state index >= 15 is 0 Å². The van der Waals surface area contributed by atoms with Gasteiger partial charge in [-0.05, 0) is 37.0 Å². The Balaban J connectivity index is 4.19. The summed E-state index contributed by atoms with van der Waals surface area (Å²) < 4.78 is 16.8. The number of hydrogen-bond donors (Lipinski definition) is 0. The van der Waals surface area contributed by atoms with Gasteiger partial charge in [0.2, 0.25) is 0 Å². The van der Waals surface area contributed by atoms with Crippen LogP contribution in [0.3, 0.4) is 0 Å². The topological polar surface area (TPSA) is 78.9 Å². The zero-order chi connectivity index (χ0) is 44.2. The maximum Gasteiger partial charge on any atom is 0.306 e. The van der Waals surface area contributed by atoms with Crippen LogP contribution in [0.25, 0.3) is 0 Å². The van der Waals surface area contributed by atoms with Crippen molar-refractivity contribution in [3.63, 3.8) is 0 Å². The summed E-state index contributed by atoms with van der Waals surface area (Å²) >= 11 is 0. The Bertz CT molecular complexity index is 931. The molecule has 0 bridgehead atoms. The molecule has 0 aromatic carbocycles. The Hall–Kier alpha value is -1.59. The highest BCUT2D eigenvalue weighted by molar-refractivity contribution is 5.71. The average Bonchev–Trinajstić information content (AvgIpc) is 3.22. The Morgan fingerprint density at radius 2 is 0.583 bits per heavy atom. The largest absolute Gasteiger partial charge is 0.462 e. The van der Waals surface area contributed by atoms with Crippen molar-refractivity contribution in [1.82, 2.24) is 0 Å². The van der Waals surface area contributed by atoms with Gasteiger partial charge in [-0.15, -0.1) is 0 Å². The number of rotatable bonds is 47. The normalized spacial score (nSPS) is 12.6. The molecule has 0 amide bonds. The molecule has 0 N–H and O–H groups in total. The summed E-state index contributed by atoms with van der Waals surface area (Å²) in [4.78, 5) is 37.9. The Morgan fingerprint density at radius 1 is 0.333 bits per heavy atom. The molecule has 2 atom stereocenters. The predicted octanol–water partition coefficient (Wildman–Crippen LogP) is 17.2. The molecule has 0 aliphatic rings. The molecule has 0 saturated heterocycles. The fourth-order valence-corrected chi connectivity index (χ4v) is 8.08. The van der Waals surface area contributed by atoms with Gasteiger partial charge in [-0.3, -0.25) is 14.4 Å². The van der Waals surface area contributed by atoms with Gasteiger partial charge in [-0.1, -0.05) is 253 Å². The van der Waals surface area contributed by atoms with Crippen LogP contribution in [0.15, 0.2) is 0 Å². The van der Waals surface area contributed by atoms with Gasteiger partial charge in [0.15, 0.2) is 6.10 Å². The number of carbonyl (C=O) groups excluding carboxylic acids is 3. The molecule has 1 unspecified atom stereocenters. The van der Waals surface area contributed by atoms with Crippen LogP contribution < -0.4 is 0 Å². The van der Waals surface area contributed by atoms with E-state index in [2.05, 4.69) is 41.5 Å². The molecule has 6 nitrogen and oxygen atoms in total. The fourth-order valence-electron chi connectivity index (χ4n) is 8.08. The lowest BCUT2D eigenvalue weighted by Gasteiger charge is -2.18. The number of esters is 3. The van der Waals surface area contributed by atoms with Crippen molar-refractivity contribution in [2.75, 3.05) is 13.2 Å². The highest BCUT2D eigenvalue weighted by Crippen LogP contribution is 2.18. The van der Waals surface area contributed by atoms with Gasteiger partial charge in [0, 0.05) is 19.3 Å². The smallest absolute Gasteiger partial charge is 0.306 e. The van der Waals surface area contributed by atoms with Crippen LogP contribution in [0, 0.1) is 17.8 Å². The van der Waals surface area contributed by atoms with Crippen molar-refractivity contribution in [3.05, 3.63) is 0 Å². The highest BCUT2D eigenvalue weighted by atomic mass is 16.6. The van der Waals surface area contributed by atoms with Crippen LogP contribution in [-0.2, 0) is 28.6 Å². The number of unbranched alkanes of at least 4 members (excludes halogenated alkanes) is 29. The first-order chi connectivity index (χ1) is 29.1. The fraction of sp³-hybridized carbons (Fsp3) is 0.944. The third kappa shape index (κ3) is 45.9.